The Morgan fingerprint density at radius 1 is 1.29 bits per heavy atom. The minimum absolute atomic E-state index is 0.000263. The first-order valence-corrected chi connectivity index (χ1v) is 8.87. The van der Waals surface area contributed by atoms with E-state index in [1.165, 1.54) is 18.7 Å². The lowest BCUT2D eigenvalue weighted by Gasteiger charge is -2.10. The third kappa shape index (κ3) is 5.19. The highest BCUT2D eigenvalue weighted by Crippen LogP contribution is 2.21. The molecule has 0 saturated carbocycles. The molecule has 2 rings (SSSR count). The molecule has 0 aliphatic rings. The maximum absolute atomic E-state index is 12.2. The molecule has 2 N–H and O–H groups in total. The van der Waals surface area contributed by atoms with Gasteiger partial charge in [-0.15, -0.1) is 5.10 Å². The first kappa shape index (κ1) is 18.2. The fourth-order valence-corrected chi connectivity index (χ4v) is 2.77. The number of unbranched alkanes of at least 4 members (excludes halogenated alkanes) is 1. The van der Waals surface area contributed by atoms with Crippen LogP contribution in [-0.2, 0) is 11.2 Å². The molecule has 0 unspecified atom stereocenters. The fourth-order valence-electron chi connectivity index (χ4n) is 2.03. The number of nitrogens with zero attached hydrogens (tertiary/aromatic N) is 2. The summed E-state index contributed by atoms with van der Waals surface area (Å²) in [7, 11) is 0. The molecule has 0 radical (unpaired) electrons. The number of aromatic amines is 1. The lowest BCUT2D eigenvalue weighted by Crippen LogP contribution is -2.22. The van der Waals surface area contributed by atoms with Crippen LogP contribution in [0.3, 0.4) is 0 Å². The number of ketones is 1. The molecule has 1 aromatic carbocycles. The van der Waals surface area contributed by atoms with Crippen molar-refractivity contribution < 1.29 is 9.59 Å². The van der Waals surface area contributed by atoms with E-state index in [1.807, 2.05) is 6.92 Å². The molecular formula is C17H22N4O2S. The quantitative estimate of drug-likeness (QED) is 0.564. The maximum Gasteiger partial charge on any atom is 0.237 e. The number of aryl methyl sites for hydroxylation is 1. The van der Waals surface area contributed by atoms with E-state index >= 15 is 0 Å². The van der Waals surface area contributed by atoms with Crippen LogP contribution in [0.25, 0.3) is 0 Å². The third-order valence-corrected chi connectivity index (χ3v) is 4.45. The zero-order valence-corrected chi connectivity index (χ0v) is 14.9. The second kappa shape index (κ2) is 8.63. The topological polar surface area (TPSA) is 87.7 Å². The van der Waals surface area contributed by atoms with Gasteiger partial charge in [0.15, 0.2) is 5.78 Å². The molecule has 0 bridgehead atoms. The highest BCUT2D eigenvalue weighted by atomic mass is 32.2. The summed E-state index contributed by atoms with van der Waals surface area (Å²) < 4.78 is 0. The Kier molecular flexibility index (Phi) is 6.54. The number of thioether (sulfide) groups is 1. The van der Waals surface area contributed by atoms with Gasteiger partial charge in [-0.1, -0.05) is 25.1 Å². The molecule has 7 heteroatoms. The molecule has 2 aromatic rings. The number of carbonyl (C=O) groups is 2. The van der Waals surface area contributed by atoms with Crippen molar-refractivity contribution in [1.82, 2.24) is 15.2 Å². The van der Waals surface area contributed by atoms with Gasteiger partial charge in [0.1, 0.15) is 5.82 Å². The number of rotatable bonds is 8. The van der Waals surface area contributed by atoms with Gasteiger partial charge in [0.2, 0.25) is 11.1 Å². The van der Waals surface area contributed by atoms with Gasteiger partial charge in [-0.2, -0.15) is 0 Å². The molecule has 1 aromatic heterocycles. The number of H-pyrrole nitrogens is 1. The molecular weight excluding hydrogens is 324 g/mol. The van der Waals surface area contributed by atoms with E-state index in [1.54, 1.807) is 24.3 Å². The Morgan fingerprint density at radius 3 is 2.62 bits per heavy atom. The first-order valence-electron chi connectivity index (χ1n) is 7.99. The number of benzene rings is 1. The summed E-state index contributed by atoms with van der Waals surface area (Å²) in [5, 5.41) is 10.1. The van der Waals surface area contributed by atoms with Crippen molar-refractivity contribution in [2.24, 2.45) is 0 Å². The van der Waals surface area contributed by atoms with Gasteiger partial charge in [-0.05, 0) is 44.5 Å². The van der Waals surface area contributed by atoms with E-state index in [4.69, 9.17) is 0 Å². The normalized spacial score (nSPS) is 12.0. The number of hydrogen-bond donors (Lipinski definition) is 2. The molecule has 6 nitrogen and oxygen atoms in total. The molecule has 0 aliphatic heterocycles. The molecule has 0 fully saturated rings. The Labute approximate surface area is 145 Å². The van der Waals surface area contributed by atoms with Crippen LogP contribution >= 0.6 is 11.8 Å². The minimum atomic E-state index is -0.327. The Bertz CT molecular complexity index is 697. The van der Waals surface area contributed by atoms with Gasteiger partial charge in [-0.3, -0.25) is 14.7 Å². The Balaban J connectivity index is 1.89. The van der Waals surface area contributed by atoms with E-state index < -0.39 is 0 Å². The lowest BCUT2D eigenvalue weighted by atomic mass is 10.1. The molecule has 0 saturated heterocycles. The van der Waals surface area contributed by atoms with E-state index in [-0.39, 0.29) is 16.9 Å². The van der Waals surface area contributed by atoms with Gasteiger partial charge in [0.05, 0.1) is 5.25 Å². The molecule has 1 heterocycles. The van der Waals surface area contributed by atoms with E-state index in [2.05, 4.69) is 27.4 Å². The molecule has 24 heavy (non-hydrogen) atoms. The van der Waals surface area contributed by atoms with Crippen LogP contribution in [0.1, 0.15) is 49.8 Å². The predicted molar refractivity (Wildman–Crippen MR) is 95.4 cm³/mol. The van der Waals surface area contributed by atoms with Gasteiger partial charge in [-0.25, -0.2) is 4.98 Å². The number of hydrogen-bond acceptors (Lipinski definition) is 5. The number of nitrogens with one attached hydrogen (secondary N) is 2. The Hall–Kier alpha value is -2.15. The average molecular weight is 346 g/mol. The molecule has 1 atom stereocenters. The van der Waals surface area contributed by atoms with Gasteiger partial charge in [0.25, 0.3) is 0 Å². The smallest absolute Gasteiger partial charge is 0.237 e. The fraction of sp³-hybridized carbons (Fsp3) is 0.412. The van der Waals surface area contributed by atoms with Crippen LogP contribution in [0.5, 0.6) is 0 Å². The summed E-state index contributed by atoms with van der Waals surface area (Å²) in [5.41, 5.74) is 1.28. The Morgan fingerprint density at radius 2 is 2.00 bits per heavy atom. The molecule has 1 amide bonds. The summed E-state index contributed by atoms with van der Waals surface area (Å²) in [6.07, 6.45) is 3.03. The van der Waals surface area contributed by atoms with Crippen LogP contribution in [0.2, 0.25) is 0 Å². The number of amides is 1. The maximum atomic E-state index is 12.2. The van der Waals surface area contributed by atoms with E-state index in [9.17, 15) is 9.59 Å². The second-order valence-corrected chi connectivity index (χ2v) is 6.86. The number of anilines is 1. The highest BCUT2D eigenvalue weighted by Gasteiger charge is 2.17. The van der Waals surface area contributed by atoms with Crippen molar-refractivity contribution in [3.63, 3.8) is 0 Å². The summed E-state index contributed by atoms with van der Waals surface area (Å²) in [5.74, 6) is 0.725. The lowest BCUT2D eigenvalue weighted by molar-refractivity contribution is -0.115. The van der Waals surface area contributed by atoms with Crippen molar-refractivity contribution >= 4 is 29.1 Å². The van der Waals surface area contributed by atoms with Crippen LogP contribution in [0, 0.1) is 0 Å². The summed E-state index contributed by atoms with van der Waals surface area (Å²) in [6.45, 7) is 5.45. The SMILES string of the molecule is CCCCc1nc(S[C@H](C)C(=O)Nc2ccc(C(C)=O)cc2)n[nH]1. The zero-order chi connectivity index (χ0) is 17.5. The van der Waals surface area contributed by atoms with Crippen molar-refractivity contribution in [2.75, 3.05) is 5.32 Å². The summed E-state index contributed by atoms with van der Waals surface area (Å²) in [6, 6.07) is 6.85. The van der Waals surface area contributed by atoms with Crippen LogP contribution in [-0.4, -0.2) is 32.1 Å². The van der Waals surface area contributed by atoms with Crippen LogP contribution in [0.4, 0.5) is 5.69 Å². The molecule has 0 spiro atoms. The average Bonchev–Trinajstić information content (AvgIpc) is 3.00. The van der Waals surface area contributed by atoms with Crippen molar-refractivity contribution in [3.8, 4) is 0 Å². The monoisotopic (exact) mass is 346 g/mol. The number of aromatic nitrogens is 3. The van der Waals surface area contributed by atoms with Crippen LogP contribution in [0.15, 0.2) is 29.4 Å². The van der Waals surface area contributed by atoms with Crippen molar-refractivity contribution in [1.29, 1.82) is 0 Å². The number of Topliss-reactive ketones (excluding diaryl/α,β-unsaturated/α-hetero) is 1. The first-order chi connectivity index (χ1) is 11.5. The zero-order valence-electron chi connectivity index (χ0n) is 14.1. The minimum Gasteiger partial charge on any atom is -0.325 e. The van der Waals surface area contributed by atoms with Gasteiger partial charge in [0, 0.05) is 17.7 Å². The van der Waals surface area contributed by atoms with E-state index in [0.717, 1.165) is 25.1 Å². The van der Waals surface area contributed by atoms with Crippen molar-refractivity contribution in [3.05, 3.63) is 35.7 Å². The summed E-state index contributed by atoms with van der Waals surface area (Å²) in [4.78, 5) is 27.9. The predicted octanol–water partition coefficient (Wildman–Crippen LogP) is 3.47. The second-order valence-electron chi connectivity index (χ2n) is 5.55. The summed E-state index contributed by atoms with van der Waals surface area (Å²) >= 11 is 1.31. The standard InChI is InChI=1S/C17H22N4O2S/c1-4-5-6-15-19-17(21-20-15)24-12(3)16(23)18-14-9-7-13(8-10-14)11(2)22/h7-10,12H,4-6H2,1-3H3,(H,18,23)(H,19,20,21)/t12-/m1/s1. The highest BCUT2D eigenvalue weighted by molar-refractivity contribution is 8.00. The largest absolute Gasteiger partial charge is 0.325 e. The molecule has 0 aliphatic carbocycles. The van der Waals surface area contributed by atoms with Crippen LogP contribution < -0.4 is 5.32 Å². The number of carbonyl (C=O) groups excluding carboxylic acids is 2. The van der Waals surface area contributed by atoms with Gasteiger partial charge >= 0.3 is 0 Å². The van der Waals surface area contributed by atoms with Crippen molar-refractivity contribution in [2.45, 2.75) is 50.4 Å². The van der Waals surface area contributed by atoms with Gasteiger partial charge < -0.3 is 5.32 Å². The molecule has 128 valence electrons. The van der Waals surface area contributed by atoms with E-state index in [0.29, 0.717) is 16.4 Å². The third-order valence-electron chi connectivity index (χ3n) is 3.49.